The highest BCUT2D eigenvalue weighted by Crippen LogP contribution is 2.21. The molecule has 1 aliphatic rings. The van der Waals surface area contributed by atoms with Gasteiger partial charge in [-0.1, -0.05) is 12.8 Å². The molecule has 0 N–H and O–H groups in total. The van der Waals surface area contributed by atoms with Crippen LogP contribution in [-0.2, 0) is 17.7 Å². The van der Waals surface area contributed by atoms with E-state index in [0.29, 0.717) is 12.0 Å². The number of hydrogen-bond acceptors (Lipinski definition) is 3. The van der Waals surface area contributed by atoms with Crippen LogP contribution in [0.15, 0.2) is 18.5 Å². The molecule has 108 valence electrons. The Morgan fingerprint density at radius 3 is 3.00 bits per heavy atom. The molecule has 0 bridgehead atoms. The van der Waals surface area contributed by atoms with Gasteiger partial charge in [-0.05, 0) is 18.9 Å². The third-order valence-electron chi connectivity index (χ3n) is 3.92. The Balaban J connectivity index is 1.72. The number of halogens is 1. The molecule has 0 aromatic carbocycles. The minimum atomic E-state index is 0.461. The standard InChI is InChI=1S/C15H20ClN3O/c16-7-5-15-18-13-11-17-8-6-14(13)19(15)9-10-20-12-3-1-2-4-12/h6,8,11-12H,1-5,7,9-10H2. The van der Waals surface area contributed by atoms with Crippen molar-refractivity contribution in [2.45, 2.75) is 44.8 Å². The van der Waals surface area contributed by atoms with Crippen LogP contribution in [0.5, 0.6) is 0 Å². The van der Waals surface area contributed by atoms with Crippen LogP contribution < -0.4 is 0 Å². The summed E-state index contributed by atoms with van der Waals surface area (Å²) in [7, 11) is 0. The zero-order chi connectivity index (χ0) is 13.8. The van der Waals surface area contributed by atoms with Crippen LogP contribution in [0.4, 0.5) is 0 Å². The van der Waals surface area contributed by atoms with Gasteiger partial charge in [0, 0.05) is 25.0 Å². The number of alkyl halides is 1. The molecule has 2 aromatic rings. The van der Waals surface area contributed by atoms with Crippen LogP contribution >= 0.6 is 11.6 Å². The van der Waals surface area contributed by atoms with Crippen molar-refractivity contribution in [2.75, 3.05) is 12.5 Å². The molecule has 0 amide bonds. The average molecular weight is 294 g/mol. The van der Waals surface area contributed by atoms with E-state index in [1.165, 1.54) is 25.7 Å². The summed E-state index contributed by atoms with van der Waals surface area (Å²) >= 11 is 5.87. The zero-order valence-electron chi connectivity index (χ0n) is 11.6. The van der Waals surface area contributed by atoms with Crippen LogP contribution in [0.1, 0.15) is 31.5 Å². The molecule has 0 radical (unpaired) electrons. The van der Waals surface area contributed by atoms with E-state index in [0.717, 1.165) is 36.4 Å². The molecular weight excluding hydrogens is 274 g/mol. The Kier molecular flexibility index (Phi) is 4.53. The van der Waals surface area contributed by atoms with Crippen molar-refractivity contribution in [1.82, 2.24) is 14.5 Å². The molecule has 1 saturated carbocycles. The first-order valence-electron chi connectivity index (χ1n) is 7.35. The second kappa shape index (κ2) is 6.55. The third kappa shape index (κ3) is 2.96. The average Bonchev–Trinajstić information content (AvgIpc) is 3.08. The summed E-state index contributed by atoms with van der Waals surface area (Å²) in [5.41, 5.74) is 2.06. The molecule has 1 aliphatic carbocycles. The molecule has 0 aliphatic heterocycles. The topological polar surface area (TPSA) is 39.9 Å². The summed E-state index contributed by atoms with van der Waals surface area (Å²) < 4.78 is 8.18. The lowest BCUT2D eigenvalue weighted by Crippen LogP contribution is -2.15. The molecule has 20 heavy (non-hydrogen) atoms. The Hall–Kier alpha value is -1.13. The molecule has 2 heterocycles. The fourth-order valence-electron chi connectivity index (χ4n) is 2.92. The highest BCUT2D eigenvalue weighted by molar-refractivity contribution is 6.17. The number of aryl methyl sites for hydroxylation is 1. The summed E-state index contributed by atoms with van der Waals surface area (Å²) in [6.45, 7) is 1.58. The van der Waals surface area contributed by atoms with Gasteiger partial charge in [-0.15, -0.1) is 11.6 Å². The lowest BCUT2D eigenvalue weighted by Gasteiger charge is -2.13. The minimum absolute atomic E-state index is 0.461. The number of hydrogen-bond donors (Lipinski definition) is 0. The Morgan fingerprint density at radius 1 is 1.35 bits per heavy atom. The molecule has 0 atom stereocenters. The van der Waals surface area contributed by atoms with Crippen molar-refractivity contribution in [3.05, 3.63) is 24.3 Å². The van der Waals surface area contributed by atoms with Gasteiger partial charge in [0.25, 0.3) is 0 Å². The van der Waals surface area contributed by atoms with Crippen LogP contribution in [0, 0.1) is 0 Å². The van der Waals surface area contributed by atoms with Crippen LogP contribution in [0.3, 0.4) is 0 Å². The van der Waals surface area contributed by atoms with Gasteiger partial charge in [-0.2, -0.15) is 0 Å². The molecular formula is C15H20ClN3O. The highest BCUT2D eigenvalue weighted by Gasteiger charge is 2.16. The second-order valence-electron chi connectivity index (χ2n) is 5.26. The third-order valence-corrected chi connectivity index (χ3v) is 4.11. The first-order chi connectivity index (χ1) is 9.88. The normalized spacial score (nSPS) is 16.2. The number of nitrogens with zero attached hydrogens (tertiary/aromatic N) is 3. The maximum atomic E-state index is 5.96. The fourth-order valence-corrected chi connectivity index (χ4v) is 3.09. The zero-order valence-corrected chi connectivity index (χ0v) is 12.4. The quantitative estimate of drug-likeness (QED) is 0.768. The van der Waals surface area contributed by atoms with Crippen LogP contribution in [0.2, 0.25) is 0 Å². The molecule has 1 fully saturated rings. The van der Waals surface area contributed by atoms with Crippen molar-refractivity contribution >= 4 is 22.6 Å². The molecule has 0 unspecified atom stereocenters. The SMILES string of the molecule is ClCCc1nc2cnccc2n1CCOC1CCCC1. The largest absolute Gasteiger partial charge is 0.376 e. The first-order valence-corrected chi connectivity index (χ1v) is 7.88. The van der Waals surface area contributed by atoms with Gasteiger partial charge < -0.3 is 9.30 Å². The van der Waals surface area contributed by atoms with E-state index in [4.69, 9.17) is 16.3 Å². The maximum absolute atomic E-state index is 5.96. The molecule has 4 nitrogen and oxygen atoms in total. The van der Waals surface area contributed by atoms with Crippen LogP contribution in [-0.4, -0.2) is 33.1 Å². The number of imidazole rings is 1. The van der Waals surface area contributed by atoms with E-state index in [9.17, 15) is 0 Å². The highest BCUT2D eigenvalue weighted by atomic mass is 35.5. The lowest BCUT2D eigenvalue weighted by molar-refractivity contribution is 0.0531. The fraction of sp³-hybridized carbons (Fsp3) is 0.600. The van der Waals surface area contributed by atoms with Crippen molar-refractivity contribution in [2.24, 2.45) is 0 Å². The number of aromatic nitrogens is 3. The van der Waals surface area contributed by atoms with E-state index >= 15 is 0 Å². The van der Waals surface area contributed by atoms with Crippen molar-refractivity contribution < 1.29 is 4.74 Å². The van der Waals surface area contributed by atoms with Crippen molar-refractivity contribution in [3.8, 4) is 0 Å². The number of rotatable bonds is 6. The van der Waals surface area contributed by atoms with Gasteiger partial charge in [-0.3, -0.25) is 4.98 Å². The summed E-state index contributed by atoms with van der Waals surface area (Å²) in [6.07, 6.45) is 9.89. The number of fused-ring (bicyclic) bond motifs is 1. The molecule has 0 spiro atoms. The predicted molar refractivity (Wildman–Crippen MR) is 80.2 cm³/mol. The number of pyridine rings is 1. The molecule has 5 heteroatoms. The van der Waals surface area contributed by atoms with Gasteiger partial charge in [-0.25, -0.2) is 4.98 Å². The van der Waals surface area contributed by atoms with E-state index in [-0.39, 0.29) is 0 Å². The van der Waals surface area contributed by atoms with E-state index in [1.807, 2.05) is 12.3 Å². The van der Waals surface area contributed by atoms with Crippen LogP contribution in [0.25, 0.3) is 11.0 Å². The maximum Gasteiger partial charge on any atom is 0.111 e. The Morgan fingerprint density at radius 2 is 2.20 bits per heavy atom. The molecule has 3 rings (SSSR count). The van der Waals surface area contributed by atoms with E-state index in [2.05, 4.69) is 14.5 Å². The Bertz CT molecular complexity index is 563. The minimum Gasteiger partial charge on any atom is -0.376 e. The van der Waals surface area contributed by atoms with Gasteiger partial charge in [0.05, 0.1) is 24.4 Å². The van der Waals surface area contributed by atoms with Gasteiger partial charge in [0.15, 0.2) is 0 Å². The van der Waals surface area contributed by atoms with E-state index < -0.39 is 0 Å². The van der Waals surface area contributed by atoms with Gasteiger partial charge in [0.1, 0.15) is 11.3 Å². The van der Waals surface area contributed by atoms with Crippen molar-refractivity contribution in [3.63, 3.8) is 0 Å². The smallest absolute Gasteiger partial charge is 0.111 e. The van der Waals surface area contributed by atoms with Crippen molar-refractivity contribution in [1.29, 1.82) is 0 Å². The summed E-state index contributed by atoms with van der Waals surface area (Å²) in [5, 5.41) is 0. The first kappa shape index (κ1) is 13.8. The summed E-state index contributed by atoms with van der Waals surface area (Å²) in [4.78, 5) is 8.74. The molecule has 2 aromatic heterocycles. The monoisotopic (exact) mass is 293 g/mol. The molecule has 0 saturated heterocycles. The second-order valence-corrected chi connectivity index (χ2v) is 5.64. The lowest BCUT2D eigenvalue weighted by atomic mass is 10.3. The Labute approximate surface area is 124 Å². The number of ether oxygens (including phenoxy) is 1. The van der Waals surface area contributed by atoms with Gasteiger partial charge >= 0.3 is 0 Å². The van der Waals surface area contributed by atoms with E-state index in [1.54, 1.807) is 6.20 Å². The predicted octanol–water partition coefficient (Wildman–Crippen LogP) is 3.17. The van der Waals surface area contributed by atoms with Gasteiger partial charge in [0.2, 0.25) is 0 Å². The summed E-state index contributed by atoms with van der Waals surface area (Å²) in [6, 6.07) is 2.01. The summed E-state index contributed by atoms with van der Waals surface area (Å²) in [5.74, 6) is 1.61.